The van der Waals surface area contributed by atoms with E-state index in [1.807, 2.05) is 42.8 Å². The van der Waals surface area contributed by atoms with Gasteiger partial charge >= 0.3 is 0 Å². The summed E-state index contributed by atoms with van der Waals surface area (Å²) in [4.78, 5) is 22.9. The Bertz CT molecular complexity index is 933. The van der Waals surface area contributed by atoms with E-state index in [0.29, 0.717) is 6.54 Å². The van der Waals surface area contributed by atoms with Crippen LogP contribution < -0.4 is 4.90 Å². The van der Waals surface area contributed by atoms with Crippen LogP contribution in [0.25, 0.3) is 22.4 Å². The van der Waals surface area contributed by atoms with Crippen molar-refractivity contribution in [2.45, 2.75) is 12.8 Å². The lowest BCUT2D eigenvalue weighted by Crippen LogP contribution is -2.30. The number of carbonyl (C=O) groups is 1. The molecule has 3 aromatic rings. The molecule has 1 unspecified atom stereocenters. The van der Waals surface area contributed by atoms with Crippen LogP contribution in [0.4, 0.5) is 5.69 Å². The first-order chi connectivity index (χ1) is 11.6. The molecule has 1 N–H and O–H groups in total. The van der Waals surface area contributed by atoms with Crippen LogP contribution in [-0.4, -0.2) is 38.7 Å². The lowest BCUT2D eigenvalue weighted by atomic mass is 10.0. The fourth-order valence-electron chi connectivity index (χ4n) is 3.39. The quantitative estimate of drug-likeness (QED) is 0.801. The summed E-state index contributed by atoms with van der Waals surface area (Å²) in [6.07, 6.45) is 3.53. The number of imidazole rings is 1. The van der Waals surface area contributed by atoms with E-state index in [1.165, 1.54) is 0 Å². The van der Waals surface area contributed by atoms with E-state index >= 15 is 0 Å². The van der Waals surface area contributed by atoms with Crippen molar-refractivity contribution in [3.63, 3.8) is 0 Å². The van der Waals surface area contributed by atoms with Crippen molar-refractivity contribution in [1.82, 2.24) is 14.5 Å². The largest absolute Gasteiger partial charge is 0.395 e. The number of fused-ring (bicyclic) bond motifs is 2. The van der Waals surface area contributed by atoms with Crippen LogP contribution in [0, 0.1) is 0 Å². The molecule has 6 heteroatoms. The number of benzene rings is 1. The van der Waals surface area contributed by atoms with Gasteiger partial charge in [-0.15, -0.1) is 0 Å². The molecule has 2 aromatic heterocycles. The average molecular weight is 322 g/mol. The third-order valence-electron chi connectivity index (χ3n) is 4.67. The molecule has 24 heavy (non-hydrogen) atoms. The van der Waals surface area contributed by atoms with Crippen LogP contribution >= 0.6 is 0 Å². The van der Waals surface area contributed by atoms with Gasteiger partial charge in [-0.25, -0.2) is 4.98 Å². The second-order valence-electron chi connectivity index (χ2n) is 6.07. The van der Waals surface area contributed by atoms with Crippen molar-refractivity contribution < 1.29 is 9.90 Å². The summed E-state index contributed by atoms with van der Waals surface area (Å²) in [5.41, 5.74) is 4.61. The van der Waals surface area contributed by atoms with E-state index in [9.17, 15) is 9.90 Å². The highest BCUT2D eigenvalue weighted by Crippen LogP contribution is 2.40. The fourth-order valence-corrected chi connectivity index (χ4v) is 3.39. The zero-order chi connectivity index (χ0) is 16.8. The van der Waals surface area contributed by atoms with E-state index in [-0.39, 0.29) is 18.4 Å². The monoisotopic (exact) mass is 322 g/mol. The lowest BCUT2D eigenvalue weighted by Gasteiger charge is -2.15. The Hall–Kier alpha value is -2.73. The first-order valence-corrected chi connectivity index (χ1v) is 7.95. The minimum absolute atomic E-state index is 0.0295. The molecule has 0 saturated heterocycles. The summed E-state index contributed by atoms with van der Waals surface area (Å²) >= 11 is 0. The summed E-state index contributed by atoms with van der Waals surface area (Å²) in [5, 5.41) is 9.25. The van der Waals surface area contributed by atoms with E-state index in [4.69, 9.17) is 4.98 Å². The molecule has 6 nitrogen and oxygen atoms in total. The zero-order valence-corrected chi connectivity index (χ0v) is 13.6. The zero-order valence-electron chi connectivity index (χ0n) is 13.6. The van der Waals surface area contributed by atoms with E-state index in [1.54, 1.807) is 17.3 Å². The van der Waals surface area contributed by atoms with Crippen molar-refractivity contribution in [1.29, 1.82) is 0 Å². The number of aryl methyl sites for hydroxylation is 1. The smallest absolute Gasteiger partial charge is 0.234 e. The molecule has 1 amide bonds. The van der Waals surface area contributed by atoms with E-state index in [0.717, 1.165) is 33.7 Å². The number of hydrogen-bond donors (Lipinski definition) is 1. The van der Waals surface area contributed by atoms with Crippen LogP contribution in [-0.2, 0) is 11.8 Å². The number of aliphatic hydroxyl groups is 1. The number of amides is 1. The number of rotatable bonds is 3. The molecular formula is C18H18N4O2. The second kappa shape index (κ2) is 5.42. The number of aliphatic hydroxyl groups excluding tert-OH is 1. The van der Waals surface area contributed by atoms with E-state index in [2.05, 4.69) is 4.98 Å². The van der Waals surface area contributed by atoms with Crippen LogP contribution in [0.2, 0.25) is 0 Å². The topological polar surface area (TPSA) is 71.2 Å². The Balaban J connectivity index is 1.91. The van der Waals surface area contributed by atoms with Gasteiger partial charge in [-0.3, -0.25) is 9.78 Å². The number of nitrogens with zero attached hydrogens (tertiary/aromatic N) is 4. The fraction of sp³-hybridized carbons (Fsp3) is 0.278. The molecule has 0 spiro atoms. The molecule has 122 valence electrons. The molecule has 1 aromatic carbocycles. The van der Waals surface area contributed by atoms with Gasteiger partial charge in [0.15, 0.2) is 0 Å². The van der Waals surface area contributed by atoms with Gasteiger partial charge in [-0.2, -0.15) is 0 Å². The first-order valence-electron chi connectivity index (χ1n) is 7.95. The standard InChI is InChI=1S/C18H18N4O2/c1-11-13-8-16-14(9-15(13)22(6-7-23)18(11)24)20-17(21(16)2)12-4-3-5-19-10-12/h3-5,8-11,23H,6-7H2,1-2H3. The van der Waals surface area contributed by atoms with Crippen LogP contribution in [0.3, 0.4) is 0 Å². The Morgan fingerprint density at radius 2 is 2.17 bits per heavy atom. The maximum atomic E-state index is 12.4. The number of pyridine rings is 1. The normalized spacial score (nSPS) is 16.9. The highest BCUT2D eigenvalue weighted by Gasteiger charge is 2.34. The number of anilines is 1. The molecule has 0 bridgehead atoms. The Morgan fingerprint density at radius 3 is 2.88 bits per heavy atom. The minimum Gasteiger partial charge on any atom is -0.395 e. The Labute approximate surface area is 139 Å². The highest BCUT2D eigenvalue weighted by atomic mass is 16.3. The Morgan fingerprint density at radius 1 is 1.33 bits per heavy atom. The van der Waals surface area contributed by atoms with Gasteiger partial charge in [0.1, 0.15) is 5.82 Å². The van der Waals surface area contributed by atoms with Crippen LogP contribution in [0.1, 0.15) is 18.4 Å². The summed E-state index contributed by atoms with van der Waals surface area (Å²) in [6, 6.07) is 7.85. The molecule has 1 aliphatic rings. The van der Waals surface area contributed by atoms with Gasteiger partial charge in [0.25, 0.3) is 0 Å². The summed E-state index contributed by atoms with van der Waals surface area (Å²) in [7, 11) is 1.97. The predicted molar refractivity (Wildman–Crippen MR) is 91.8 cm³/mol. The van der Waals surface area contributed by atoms with Gasteiger partial charge in [0.2, 0.25) is 5.91 Å². The number of hydrogen-bond acceptors (Lipinski definition) is 4. The summed E-state index contributed by atoms with van der Waals surface area (Å²) < 4.78 is 2.03. The molecule has 0 fully saturated rings. The van der Waals surface area contributed by atoms with Gasteiger partial charge in [0.05, 0.1) is 29.2 Å². The number of β-amino-alcohol motifs (C(OH)–C–C–N with tert-alkyl or cyclic N) is 1. The molecule has 1 aliphatic heterocycles. The van der Waals surface area contributed by atoms with Crippen molar-refractivity contribution in [3.8, 4) is 11.4 Å². The second-order valence-corrected chi connectivity index (χ2v) is 6.07. The molecule has 0 radical (unpaired) electrons. The SMILES string of the molecule is CC1C(=O)N(CCO)c2cc3nc(-c4cccnc4)n(C)c3cc21. The van der Waals surface area contributed by atoms with Crippen molar-refractivity contribution in [2.24, 2.45) is 7.05 Å². The van der Waals surface area contributed by atoms with Crippen molar-refractivity contribution >= 4 is 22.6 Å². The van der Waals surface area contributed by atoms with Gasteiger partial charge < -0.3 is 14.6 Å². The van der Waals surface area contributed by atoms with Crippen LogP contribution in [0.5, 0.6) is 0 Å². The average Bonchev–Trinajstić information content (AvgIpc) is 3.05. The molecule has 3 heterocycles. The van der Waals surface area contributed by atoms with Crippen molar-refractivity contribution in [3.05, 3.63) is 42.2 Å². The van der Waals surface area contributed by atoms with Crippen molar-refractivity contribution in [2.75, 3.05) is 18.1 Å². The van der Waals surface area contributed by atoms with Gasteiger partial charge in [-0.1, -0.05) is 0 Å². The molecular weight excluding hydrogens is 304 g/mol. The summed E-state index contributed by atoms with van der Waals surface area (Å²) in [6.45, 7) is 2.16. The number of carbonyl (C=O) groups excluding carboxylic acids is 1. The maximum absolute atomic E-state index is 12.4. The number of aromatic nitrogens is 3. The van der Waals surface area contributed by atoms with Gasteiger partial charge in [-0.05, 0) is 36.8 Å². The third kappa shape index (κ3) is 2.03. The maximum Gasteiger partial charge on any atom is 0.234 e. The summed E-state index contributed by atoms with van der Waals surface area (Å²) in [5.74, 6) is 0.670. The highest BCUT2D eigenvalue weighted by molar-refractivity contribution is 6.07. The third-order valence-corrected chi connectivity index (χ3v) is 4.67. The van der Waals surface area contributed by atoms with Gasteiger partial charge in [0, 0.05) is 31.5 Å². The van der Waals surface area contributed by atoms with Crippen LogP contribution in [0.15, 0.2) is 36.7 Å². The van der Waals surface area contributed by atoms with E-state index < -0.39 is 0 Å². The Kier molecular flexibility index (Phi) is 3.35. The first kappa shape index (κ1) is 14.8. The lowest BCUT2D eigenvalue weighted by molar-refractivity contribution is -0.119. The molecule has 0 aliphatic carbocycles. The predicted octanol–water partition coefficient (Wildman–Crippen LogP) is 2.08. The minimum atomic E-state index is -0.201. The molecule has 0 saturated carbocycles. The molecule has 1 atom stereocenters. The molecule has 4 rings (SSSR count).